The highest BCUT2D eigenvalue weighted by molar-refractivity contribution is 6.31. The number of piperidine rings is 1. The molecule has 0 aromatic heterocycles. The molecule has 1 saturated heterocycles. The number of aromatic carboxylic acids is 1. The predicted molar refractivity (Wildman–Crippen MR) is 194 cm³/mol. The van der Waals surface area contributed by atoms with E-state index in [4.69, 9.17) is 33.1 Å². The Labute approximate surface area is 295 Å². The molecule has 264 valence electrons. The van der Waals surface area contributed by atoms with Gasteiger partial charge in [-0.25, -0.2) is 15.0 Å². The average Bonchev–Trinajstić information content (AvgIpc) is 3.14. The third kappa shape index (κ3) is 11.1. The topological polar surface area (TPSA) is 176 Å². The highest BCUT2D eigenvalue weighted by Crippen LogP contribution is 2.30. The number of carbonyl (C=O) groups is 3. The van der Waals surface area contributed by atoms with Crippen molar-refractivity contribution >= 4 is 53.7 Å². The van der Waals surface area contributed by atoms with Crippen molar-refractivity contribution < 1.29 is 28.6 Å². The van der Waals surface area contributed by atoms with Crippen LogP contribution in [0.4, 0.5) is 15.8 Å². The fourth-order valence-corrected chi connectivity index (χ4v) is 5.68. The molecule has 5 rings (SSSR count). The Hall–Kier alpha value is -5.42. The lowest BCUT2D eigenvalue weighted by molar-refractivity contribution is -0.126. The van der Waals surface area contributed by atoms with E-state index in [1.54, 1.807) is 4.90 Å². The van der Waals surface area contributed by atoms with E-state index in [1.165, 1.54) is 61.4 Å². The Morgan fingerprint density at radius 3 is 2.54 bits per heavy atom. The van der Waals surface area contributed by atoms with Crippen LogP contribution in [0.3, 0.4) is 0 Å². The summed E-state index contributed by atoms with van der Waals surface area (Å²) in [5.74, 6) is 10.7. The molecule has 3 aromatic rings. The Balaban J connectivity index is 0.000000406. The van der Waals surface area contributed by atoms with Gasteiger partial charge in [0.15, 0.2) is 5.82 Å². The lowest BCUT2D eigenvalue weighted by Gasteiger charge is -2.29. The molecule has 50 heavy (non-hydrogen) atoms. The Kier molecular flexibility index (Phi) is 15.7. The highest BCUT2D eigenvalue weighted by atomic mass is 35.5. The largest absolute Gasteiger partial charge is 0.493 e. The van der Waals surface area contributed by atoms with Gasteiger partial charge in [-0.1, -0.05) is 23.7 Å². The third-order valence-electron chi connectivity index (χ3n) is 8.11. The first-order chi connectivity index (χ1) is 24.2. The van der Waals surface area contributed by atoms with Crippen LogP contribution in [0.25, 0.3) is 6.08 Å². The van der Waals surface area contributed by atoms with Crippen molar-refractivity contribution in [1.82, 2.24) is 10.2 Å². The first-order valence-electron chi connectivity index (χ1n) is 15.7. The lowest BCUT2D eigenvalue weighted by Crippen LogP contribution is -2.35. The highest BCUT2D eigenvalue weighted by Gasteiger charge is 2.23. The number of hydrazone groups is 1. The monoisotopic (exact) mass is 705 g/mol. The van der Waals surface area contributed by atoms with Crippen LogP contribution >= 0.6 is 11.6 Å². The normalized spacial score (nSPS) is 14.1. The van der Waals surface area contributed by atoms with Crippen LogP contribution < -0.4 is 32.1 Å². The quantitative estimate of drug-likeness (QED) is 0.0362. The van der Waals surface area contributed by atoms with E-state index in [-0.39, 0.29) is 27.7 Å². The maximum absolute atomic E-state index is 14.7. The van der Waals surface area contributed by atoms with Gasteiger partial charge < -0.3 is 31.2 Å². The van der Waals surface area contributed by atoms with Crippen LogP contribution in [0.5, 0.6) is 5.75 Å². The third-order valence-corrected chi connectivity index (χ3v) is 8.40. The number of benzene rings is 3. The molecule has 2 aliphatic rings. The minimum atomic E-state index is -0.979. The zero-order chi connectivity index (χ0) is 36.5. The van der Waals surface area contributed by atoms with Crippen molar-refractivity contribution in [3.8, 4) is 18.6 Å². The van der Waals surface area contributed by atoms with Gasteiger partial charge in [0.25, 0.3) is 0 Å². The van der Waals surface area contributed by atoms with Crippen LogP contribution in [-0.4, -0.2) is 60.9 Å². The van der Waals surface area contributed by atoms with E-state index < -0.39 is 11.8 Å². The molecule has 0 bridgehead atoms. The molecule has 2 amide bonds. The molecule has 0 atom stereocenters. The summed E-state index contributed by atoms with van der Waals surface area (Å²) in [6, 6.07) is 14.8. The number of hydrogen-bond acceptors (Lipinski definition) is 8. The number of anilines is 2. The standard InChI is InChI=1S/C26H32ClFN6O2.C8H7NO3.C2H2/c27-22-5-6-23(34(30)17-32-29)21(26(22)28)4-7-25(35)33-14-10-20-19(16-33)2-1-3-24(20)36-15-11-18-8-12-31-13-9-18;10-5-9-7-3-1-6(2-4-7)8(11)12;1-2/h1-7,17-18,31H,8-16,29-30H2;1-5H,(H,9,10)(H,11,12);1-2H/b7-4+,32-17-;;. The number of hydrazine groups is 1. The lowest BCUT2D eigenvalue weighted by atomic mass is 9.95. The number of nitrogens with zero attached hydrogens (tertiary/aromatic N) is 3. The van der Waals surface area contributed by atoms with E-state index >= 15 is 0 Å². The summed E-state index contributed by atoms with van der Waals surface area (Å²) in [5, 5.41) is 18.6. The summed E-state index contributed by atoms with van der Waals surface area (Å²) in [6.45, 7) is 3.87. The molecule has 0 saturated carbocycles. The summed E-state index contributed by atoms with van der Waals surface area (Å²) < 4.78 is 20.9. The Morgan fingerprint density at radius 2 is 1.88 bits per heavy atom. The molecule has 0 aliphatic carbocycles. The molecule has 2 heterocycles. The number of terminal acetylenes is 1. The molecular weight excluding hydrogens is 665 g/mol. The van der Waals surface area contributed by atoms with Gasteiger partial charge in [-0.15, -0.1) is 12.8 Å². The maximum atomic E-state index is 14.7. The Bertz CT molecular complexity index is 1680. The molecule has 0 unspecified atom stereocenters. The fraction of sp³-hybridized carbons (Fsp3) is 0.278. The zero-order valence-electron chi connectivity index (χ0n) is 27.4. The zero-order valence-corrected chi connectivity index (χ0v) is 28.2. The van der Waals surface area contributed by atoms with E-state index in [2.05, 4.69) is 28.6 Å². The number of nitrogens with two attached hydrogens (primary N) is 2. The first-order valence-corrected chi connectivity index (χ1v) is 16.1. The van der Waals surface area contributed by atoms with Crippen molar-refractivity contribution in [1.29, 1.82) is 0 Å². The van der Waals surface area contributed by atoms with Gasteiger partial charge in [0.2, 0.25) is 12.3 Å². The number of fused-ring (bicyclic) bond motifs is 1. The minimum Gasteiger partial charge on any atom is -0.493 e. The van der Waals surface area contributed by atoms with Gasteiger partial charge in [-0.2, -0.15) is 5.10 Å². The van der Waals surface area contributed by atoms with Crippen molar-refractivity contribution in [3.05, 3.63) is 93.8 Å². The first kappa shape index (κ1) is 39.0. The van der Waals surface area contributed by atoms with Crippen LogP contribution in [0.2, 0.25) is 5.02 Å². The number of amides is 2. The van der Waals surface area contributed by atoms with E-state index in [1.807, 2.05) is 18.2 Å². The van der Waals surface area contributed by atoms with Crippen molar-refractivity contribution in [2.45, 2.75) is 32.2 Å². The number of carboxylic acids is 1. The number of carboxylic acid groups (broad SMARTS) is 1. The molecule has 0 spiro atoms. The molecule has 12 nitrogen and oxygen atoms in total. The van der Waals surface area contributed by atoms with Crippen LogP contribution in [0.15, 0.2) is 65.8 Å². The number of halogens is 2. The summed E-state index contributed by atoms with van der Waals surface area (Å²) in [4.78, 5) is 35.0. The van der Waals surface area contributed by atoms with Crippen molar-refractivity contribution in [2.24, 2.45) is 22.7 Å². The number of carbonyl (C=O) groups excluding carboxylic acids is 2. The van der Waals surface area contributed by atoms with Crippen molar-refractivity contribution in [3.63, 3.8) is 0 Å². The van der Waals surface area contributed by atoms with Gasteiger partial charge in [-0.3, -0.25) is 14.6 Å². The number of rotatable bonds is 11. The molecule has 7 N–H and O–H groups in total. The van der Waals surface area contributed by atoms with E-state index in [0.29, 0.717) is 44.1 Å². The van der Waals surface area contributed by atoms with Gasteiger partial charge in [0.1, 0.15) is 12.1 Å². The molecule has 3 aromatic carbocycles. The Morgan fingerprint density at radius 1 is 1.16 bits per heavy atom. The minimum absolute atomic E-state index is 0.0695. The van der Waals surface area contributed by atoms with E-state index in [9.17, 15) is 18.8 Å². The van der Waals surface area contributed by atoms with Gasteiger partial charge >= 0.3 is 5.97 Å². The summed E-state index contributed by atoms with van der Waals surface area (Å²) >= 11 is 5.95. The van der Waals surface area contributed by atoms with Crippen LogP contribution in [0, 0.1) is 24.6 Å². The maximum Gasteiger partial charge on any atom is 0.335 e. The summed E-state index contributed by atoms with van der Waals surface area (Å²) in [6.07, 6.45) is 16.5. The molecular formula is C36H41ClFN7O5. The average molecular weight is 706 g/mol. The molecule has 14 heteroatoms. The van der Waals surface area contributed by atoms with Gasteiger partial charge in [-0.05, 0) is 98.8 Å². The van der Waals surface area contributed by atoms with Gasteiger partial charge in [0, 0.05) is 36.0 Å². The smallest absolute Gasteiger partial charge is 0.335 e. The predicted octanol–water partition coefficient (Wildman–Crippen LogP) is 4.63. The van der Waals surface area contributed by atoms with Crippen LogP contribution in [0.1, 0.15) is 46.3 Å². The second-order valence-corrected chi connectivity index (χ2v) is 11.6. The van der Waals surface area contributed by atoms with Crippen LogP contribution in [-0.2, 0) is 22.6 Å². The van der Waals surface area contributed by atoms with Gasteiger partial charge in [0.05, 0.1) is 22.9 Å². The molecule has 0 radical (unpaired) electrons. The molecule has 1 fully saturated rings. The SMILES string of the molecule is C#C.N/N=C\N(N)c1ccc(Cl)c(F)c1/C=C/C(=O)N1CCc2c(cccc2OCCC2CCNCC2)C1.O=CNc1ccc(C(=O)O)cc1. The number of nitrogens with one attached hydrogen (secondary N) is 2. The number of hydrogen-bond donors (Lipinski definition) is 5. The number of ether oxygens (including phenoxy) is 1. The summed E-state index contributed by atoms with van der Waals surface area (Å²) in [7, 11) is 0. The molecule has 2 aliphatic heterocycles. The second-order valence-electron chi connectivity index (χ2n) is 11.2. The second kappa shape index (κ2) is 20.2. The van der Waals surface area contributed by atoms with E-state index in [0.717, 1.165) is 47.7 Å². The summed E-state index contributed by atoms with van der Waals surface area (Å²) in [5.41, 5.74) is 3.33. The fourth-order valence-electron chi connectivity index (χ4n) is 5.51. The van der Waals surface area contributed by atoms with Crippen molar-refractivity contribution in [2.75, 3.05) is 36.6 Å².